The molecule has 8 heteroatoms. The molecular weight excluding hydrogens is 258 g/mol. The van der Waals surface area contributed by atoms with E-state index in [0.717, 1.165) is 11.3 Å². The van der Waals surface area contributed by atoms with Gasteiger partial charge in [0.1, 0.15) is 4.88 Å². The van der Waals surface area contributed by atoms with Crippen LogP contribution in [-0.4, -0.2) is 31.1 Å². The largest absolute Gasteiger partial charge is 0.448 e. The summed E-state index contributed by atoms with van der Waals surface area (Å²) in [5.74, 6) is -1.40. The van der Waals surface area contributed by atoms with Crippen LogP contribution in [0.25, 0.3) is 0 Å². The Morgan fingerprint density at radius 1 is 1.44 bits per heavy atom. The summed E-state index contributed by atoms with van der Waals surface area (Å²) in [6.07, 6.45) is -1.09. The molecule has 0 saturated heterocycles. The van der Waals surface area contributed by atoms with Crippen LogP contribution in [0.1, 0.15) is 16.6 Å². The molecule has 0 aliphatic carbocycles. The van der Waals surface area contributed by atoms with Crippen molar-refractivity contribution >= 4 is 34.9 Å². The third-order valence-electron chi connectivity index (χ3n) is 2.00. The highest BCUT2D eigenvalue weighted by atomic mass is 32.1. The normalized spacial score (nSPS) is 11.4. The van der Waals surface area contributed by atoms with Crippen molar-refractivity contribution in [2.24, 2.45) is 0 Å². The second kappa shape index (κ2) is 6.01. The molecule has 18 heavy (non-hydrogen) atoms. The van der Waals surface area contributed by atoms with Gasteiger partial charge in [-0.05, 0) is 18.4 Å². The van der Waals surface area contributed by atoms with Crippen molar-refractivity contribution in [3.8, 4) is 0 Å². The Labute approximate surface area is 107 Å². The summed E-state index contributed by atoms with van der Waals surface area (Å²) in [6.45, 7) is 1.36. The average molecular weight is 271 g/mol. The van der Waals surface area contributed by atoms with E-state index in [1.165, 1.54) is 14.0 Å². The summed E-state index contributed by atoms with van der Waals surface area (Å²) in [5.41, 5.74) is 5.84. The van der Waals surface area contributed by atoms with E-state index in [9.17, 15) is 14.4 Å². The van der Waals surface area contributed by atoms with Crippen molar-refractivity contribution in [2.75, 3.05) is 12.8 Å². The van der Waals surface area contributed by atoms with E-state index < -0.39 is 24.0 Å². The summed E-state index contributed by atoms with van der Waals surface area (Å²) in [6, 6.07) is 0.898. The molecule has 0 radical (unpaired) electrons. The zero-order chi connectivity index (χ0) is 13.7. The SMILES string of the molecule is CNC(=O)NC(=O)C(C)OC(=O)c1sccc1N. The van der Waals surface area contributed by atoms with Gasteiger partial charge < -0.3 is 15.8 Å². The summed E-state index contributed by atoms with van der Waals surface area (Å²) < 4.78 is 4.88. The molecule has 1 atom stereocenters. The number of anilines is 1. The molecule has 0 aliphatic rings. The maximum absolute atomic E-state index is 11.6. The van der Waals surface area contributed by atoms with Crippen molar-refractivity contribution in [3.63, 3.8) is 0 Å². The number of rotatable bonds is 3. The lowest BCUT2D eigenvalue weighted by molar-refractivity contribution is -0.127. The molecule has 0 spiro atoms. The highest BCUT2D eigenvalue weighted by Gasteiger charge is 2.22. The molecule has 1 rings (SSSR count). The van der Waals surface area contributed by atoms with Gasteiger partial charge >= 0.3 is 12.0 Å². The van der Waals surface area contributed by atoms with Crippen LogP contribution in [-0.2, 0) is 9.53 Å². The van der Waals surface area contributed by atoms with E-state index in [-0.39, 0.29) is 4.88 Å². The zero-order valence-electron chi connectivity index (χ0n) is 9.85. The molecule has 4 N–H and O–H groups in total. The molecule has 3 amide bonds. The molecule has 0 aliphatic heterocycles. The van der Waals surface area contributed by atoms with Crippen molar-refractivity contribution in [3.05, 3.63) is 16.3 Å². The zero-order valence-corrected chi connectivity index (χ0v) is 10.7. The van der Waals surface area contributed by atoms with Crippen LogP contribution in [0.3, 0.4) is 0 Å². The number of urea groups is 1. The average Bonchev–Trinajstić information content (AvgIpc) is 2.75. The van der Waals surface area contributed by atoms with Gasteiger partial charge in [0.15, 0.2) is 6.10 Å². The van der Waals surface area contributed by atoms with Gasteiger partial charge in [0.25, 0.3) is 5.91 Å². The van der Waals surface area contributed by atoms with Gasteiger partial charge in [-0.3, -0.25) is 10.1 Å². The molecule has 0 aromatic carbocycles. The molecule has 1 heterocycles. The van der Waals surface area contributed by atoms with Gasteiger partial charge in [-0.15, -0.1) is 11.3 Å². The monoisotopic (exact) mass is 271 g/mol. The molecule has 0 bridgehead atoms. The van der Waals surface area contributed by atoms with Crippen molar-refractivity contribution in [1.82, 2.24) is 10.6 Å². The van der Waals surface area contributed by atoms with Crippen LogP contribution >= 0.6 is 11.3 Å². The number of hydrogen-bond acceptors (Lipinski definition) is 6. The van der Waals surface area contributed by atoms with Crippen LogP contribution in [0, 0.1) is 0 Å². The minimum atomic E-state index is -1.09. The van der Waals surface area contributed by atoms with E-state index in [0.29, 0.717) is 5.69 Å². The Kier molecular flexibility index (Phi) is 4.67. The number of nitrogens with one attached hydrogen (secondary N) is 2. The maximum atomic E-state index is 11.6. The molecule has 0 saturated carbocycles. The molecule has 0 fully saturated rings. The number of ether oxygens (including phenoxy) is 1. The third-order valence-corrected chi connectivity index (χ3v) is 2.91. The van der Waals surface area contributed by atoms with Crippen molar-refractivity contribution in [1.29, 1.82) is 0 Å². The highest BCUT2D eigenvalue weighted by Crippen LogP contribution is 2.20. The summed E-state index contributed by atoms with van der Waals surface area (Å²) >= 11 is 1.12. The highest BCUT2D eigenvalue weighted by molar-refractivity contribution is 7.12. The van der Waals surface area contributed by atoms with Crippen LogP contribution in [0.15, 0.2) is 11.4 Å². The first-order valence-corrected chi connectivity index (χ1v) is 5.90. The second-order valence-corrected chi connectivity index (χ2v) is 4.24. The first kappa shape index (κ1) is 14.0. The van der Waals surface area contributed by atoms with Crippen molar-refractivity contribution in [2.45, 2.75) is 13.0 Å². The number of esters is 1. The number of nitrogens with two attached hydrogens (primary N) is 1. The Hall–Kier alpha value is -2.09. The first-order valence-electron chi connectivity index (χ1n) is 5.02. The van der Waals surface area contributed by atoms with Gasteiger partial charge in [0, 0.05) is 7.05 Å². The second-order valence-electron chi connectivity index (χ2n) is 3.32. The smallest absolute Gasteiger partial charge is 0.351 e. The van der Waals surface area contributed by atoms with Crippen LogP contribution < -0.4 is 16.4 Å². The topological polar surface area (TPSA) is 111 Å². The fourth-order valence-electron chi connectivity index (χ4n) is 1.03. The molecule has 1 unspecified atom stereocenters. The van der Waals surface area contributed by atoms with Crippen molar-refractivity contribution < 1.29 is 19.1 Å². The lowest BCUT2D eigenvalue weighted by Crippen LogP contribution is -2.43. The van der Waals surface area contributed by atoms with E-state index in [4.69, 9.17) is 10.5 Å². The van der Waals surface area contributed by atoms with Gasteiger partial charge in [0.2, 0.25) is 0 Å². The van der Waals surface area contributed by atoms with Crippen LogP contribution in [0.2, 0.25) is 0 Å². The standard InChI is InChI=1S/C10H13N3O4S/c1-5(8(14)13-10(16)12-2)17-9(15)7-6(11)3-4-18-7/h3-5H,11H2,1-2H3,(H2,12,13,14,16). The number of thiophene rings is 1. The quantitative estimate of drug-likeness (QED) is 0.686. The molecule has 7 nitrogen and oxygen atoms in total. The molecule has 98 valence electrons. The Balaban J connectivity index is 2.57. The fraction of sp³-hybridized carbons (Fsp3) is 0.300. The van der Waals surface area contributed by atoms with E-state index in [1.54, 1.807) is 11.4 Å². The van der Waals surface area contributed by atoms with E-state index in [2.05, 4.69) is 5.32 Å². The number of carbonyl (C=O) groups excluding carboxylic acids is 3. The van der Waals surface area contributed by atoms with E-state index >= 15 is 0 Å². The lowest BCUT2D eigenvalue weighted by atomic mass is 10.3. The summed E-state index contributed by atoms with van der Waals surface area (Å²) in [4.78, 5) is 34.2. The Bertz CT molecular complexity index is 471. The third kappa shape index (κ3) is 3.45. The Morgan fingerprint density at radius 2 is 2.11 bits per heavy atom. The summed E-state index contributed by atoms with van der Waals surface area (Å²) in [7, 11) is 1.37. The van der Waals surface area contributed by atoms with E-state index in [1.807, 2.05) is 5.32 Å². The molecule has 1 aromatic heterocycles. The van der Waals surface area contributed by atoms with Gasteiger partial charge in [-0.1, -0.05) is 0 Å². The molecule has 1 aromatic rings. The number of imide groups is 1. The maximum Gasteiger partial charge on any atom is 0.351 e. The first-order chi connectivity index (χ1) is 8.45. The fourth-order valence-corrected chi connectivity index (χ4v) is 1.73. The van der Waals surface area contributed by atoms with Crippen LogP contribution in [0.4, 0.5) is 10.5 Å². The number of nitrogen functional groups attached to an aromatic ring is 1. The minimum Gasteiger partial charge on any atom is -0.448 e. The lowest BCUT2D eigenvalue weighted by Gasteiger charge is -2.12. The van der Waals surface area contributed by atoms with Gasteiger partial charge in [-0.25, -0.2) is 9.59 Å². The minimum absolute atomic E-state index is 0.231. The number of hydrogen-bond donors (Lipinski definition) is 3. The Morgan fingerprint density at radius 3 is 2.61 bits per heavy atom. The predicted molar refractivity (Wildman–Crippen MR) is 66.2 cm³/mol. The predicted octanol–water partition coefficient (Wildman–Crippen LogP) is 0.331. The van der Waals surface area contributed by atoms with Crippen LogP contribution in [0.5, 0.6) is 0 Å². The number of amides is 3. The number of carbonyl (C=O) groups is 3. The van der Waals surface area contributed by atoms with Gasteiger partial charge in [0.05, 0.1) is 5.69 Å². The van der Waals surface area contributed by atoms with Gasteiger partial charge in [-0.2, -0.15) is 0 Å². The summed E-state index contributed by atoms with van der Waals surface area (Å²) in [5, 5.41) is 5.85. The molecular formula is C10H13N3O4S.